The molecule has 5 nitrogen and oxygen atoms in total. The van der Waals surface area contributed by atoms with Crippen LogP contribution in [0.3, 0.4) is 0 Å². The van der Waals surface area contributed by atoms with E-state index in [4.69, 9.17) is 0 Å². The maximum absolute atomic E-state index is 13.7. The van der Waals surface area contributed by atoms with Crippen LogP contribution in [0.25, 0.3) is 0 Å². The Balaban J connectivity index is 1.79. The zero-order valence-electron chi connectivity index (χ0n) is 12.9. The molecule has 9 heteroatoms. The smallest absolute Gasteiger partial charge is 0.274 e. The Bertz CT molecular complexity index is 981. The average Bonchev–Trinajstić information content (AvgIpc) is 2.60. The molecule has 0 aliphatic carbocycles. The van der Waals surface area contributed by atoms with Gasteiger partial charge < -0.3 is 10.6 Å². The molecule has 3 aromatic rings. The molecule has 0 aliphatic heterocycles. The van der Waals surface area contributed by atoms with E-state index in [1.807, 2.05) is 0 Å². The molecule has 0 unspecified atom stereocenters. The third-order valence-corrected chi connectivity index (χ3v) is 3.25. The number of aromatic nitrogens is 2. The Labute approximate surface area is 144 Å². The summed E-state index contributed by atoms with van der Waals surface area (Å²) in [6.45, 7) is 0. The summed E-state index contributed by atoms with van der Waals surface area (Å²) in [6, 6.07) is 6.80. The number of carbonyl (C=O) groups is 1. The van der Waals surface area contributed by atoms with Crippen molar-refractivity contribution in [3.8, 4) is 0 Å². The predicted octanol–water partition coefficient (Wildman–Crippen LogP) is 4.03. The first-order chi connectivity index (χ1) is 12.4. The lowest BCUT2D eigenvalue weighted by atomic mass is 10.2. The number of halogens is 4. The number of anilines is 3. The van der Waals surface area contributed by atoms with Gasteiger partial charge in [0.25, 0.3) is 5.91 Å². The van der Waals surface area contributed by atoms with Gasteiger partial charge in [0.1, 0.15) is 29.0 Å². The summed E-state index contributed by atoms with van der Waals surface area (Å²) < 4.78 is 53.1. The van der Waals surface area contributed by atoms with Gasteiger partial charge in [0.05, 0.1) is 11.4 Å². The Kier molecular flexibility index (Phi) is 4.78. The number of carbonyl (C=O) groups excluding carboxylic acids is 1. The van der Waals surface area contributed by atoms with Crippen LogP contribution >= 0.6 is 0 Å². The largest absolute Gasteiger partial charge is 0.322 e. The van der Waals surface area contributed by atoms with Gasteiger partial charge in [0, 0.05) is 18.3 Å². The highest BCUT2D eigenvalue weighted by atomic mass is 19.1. The van der Waals surface area contributed by atoms with Gasteiger partial charge in [-0.15, -0.1) is 0 Å². The van der Waals surface area contributed by atoms with Crippen molar-refractivity contribution in [1.29, 1.82) is 0 Å². The molecular formula is C17H10F4N4O. The van der Waals surface area contributed by atoms with Gasteiger partial charge in [-0.3, -0.25) is 4.79 Å². The molecule has 0 saturated heterocycles. The van der Waals surface area contributed by atoms with Crippen molar-refractivity contribution in [3.05, 3.63) is 77.6 Å². The van der Waals surface area contributed by atoms with Gasteiger partial charge in [-0.2, -0.15) is 0 Å². The molecule has 0 fully saturated rings. The Morgan fingerprint density at radius 3 is 2.08 bits per heavy atom. The topological polar surface area (TPSA) is 66.9 Å². The maximum atomic E-state index is 13.7. The van der Waals surface area contributed by atoms with E-state index in [0.717, 1.165) is 24.3 Å². The first-order valence-corrected chi connectivity index (χ1v) is 7.24. The molecule has 0 atom stereocenters. The lowest BCUT2D eigenvalue weighted by molar-refractivity contribution is 0.102. The predicted molar refractivity (Wildman–Crippen MR) is 86.0 cm³/mol. The minimum atomic E-state index is -0.945. The molecule has 1 amide bonds. The third-order valence-electron chi connectivity index (χ3n) is 3.25. The second kappa shape index (κ2) is 7.18. The summed E-state index contributed by atoms with van der Waals surface area (Å²) in [6.07, 6.45) is 1.23. The molecule has 2 aromatic carbocycles. The summed E-state index contributed by atoms with van der Waals surface area (Å²) in [5.74, 6) is -4.24. The quantitative estimate of drug-likeness (QED) is 0.688. The zero-order chi connectivity index (χ0) is 18.7. The minimum absolute atomic E-state index is 0.0893. The second-order valence-corrected chi connectivity index (χ2v) is 5.09. The highest BCUT2D eigenvalue weighted by Gasteiger charge is 2.13. The Morgan fingerprint density at radius 1 is 0.846 bits per heavy atom. The van der Waals surface area contributed by atoms with Crippen molar-refractivity contribution >= 4 is 23.2 Å². The van der Waals surface area contributed by atoms with Crippen LogP contribution in [0.4, 0.5) is 34.9 Å². The van der Waals surface area contributed by atoms with Crippen LogP contribution in [0.5, 0.6) is 0 Å². The van der Waals surface area contributed by atoms with Crippen molar-refractivity contribution < 1.29 is 22.4 Å². The normalized spacial score (nSPS) is 10.5. The van der Waals surface area contributed by atoms with Gasteiger partial charge in [0.2, 0.25) is 5.95 Å². The van der Waals surface area contributed by atoms with Crippen LogP contribution in [0, 0.1) is 23.3 Å². The number of nitrogens with one attached hydrogen (secondary N) is 2. The van der Waals surface area contributed by atoms with E-state index in [0.29, 0.717) is 12.1 Å². The maximum Gasteiger partial charge on any atom is 0.274 e. The number of hydrogen-bond donors (Lipinski definition) is 2. The fraction of sp³-hybridized carbons (Fsp3) is 0. The van der Waals surface area contributed by atoms with Crippen molar-refractivity contribution in [1.82, 2.24) is 9.97 Å². The summed E-state index contributed by atoms with van der Waals surface area (Å²) in [4.78, 5) is 19.9. The van der Waals surface area contributed by atoms with Gasteiger partial charge >= 0.3 is 0 Å². The highest BCUT2D eigenvalue weighted by Crippen LogP contribution is 2.19. The summed E-state index contributed by atoms with van der Waals surface area (Å²) in [5, 5.41) is 4.75. The number of hydrogen-bond acceptors (Lipinski definition) is 4. The molecular weight excluding hydrogens is 352 g/mol. The second-order valence-electron chi connectivity index (χ2n) is 5.09. The number of amides is 1. The SMILES string of the molecule is O=C(Nc1ccc(F)cc1F)c1ccnc(Nc2ccc(F)cc2F)n1. The first kappa shape index (κ1) is 17.3. The highest BCUT2D eigenvalue weighted by molar-refractivity contribution is 6.03. The van der Waals surface area contributed by atoms with E-state index in [1.54, 1.807) is 0 Å². The summed E-state index contributed by atoms with van der Waals surface area (Å²) in [5.41, 5.74) is -0.462. The van der Waals surface area contributed by atoms with Crippen molar-refractivity contribution in [3.63, 3.8) is 0 Å². The molecule has 3 rings (SSSR count). The first-order valence-electron chi connectivity index (χ1n) is 7.24. The van der Waals surface area contributed by atoms with Gasteiger partial charge in [-0.1, -0.05) is 0 Å². The summed E-state index contributed by atoms with van der Waals surface area (Å²) >= 11 is 0. The van der Waals surface area contributed by atoms with Crippen molar-refractivity contribution in [2.45, 2.75) is 0 Å². The van der Waals surface area contributed by atoms with Crippen LogP contribution in [-0.4, -0.2) is 15.9 Å². The molecule has 0 saturated carbocycles. The number of nitrogens with zero attached hydrogens (tertiary/aromatic N) is 2. The van der Waals surface area contributed by atoms with E-state index in [2.05, 4.69) is 20.6 Å². The van der Waals surface area contributed by atoms with Crippen molar-refractivity contribution in [2.75, 3.05) is 10.6 Å². The number of benzene rings is 2. The van der Waals surface area contributed by atoms with Crippen LogP contribution in [-0.2, 0) is 0 Å². The monoisotopic (exact) mass is 362 g/mol. The lowest BCUT2D eigenvalue weighted by Gasteiger charge is -2.08. The van der Waals surface area contributed by atoms with Crippen LogP contribution in [0.2, 0.25) is 0 Å². The van der Waals surface area contributed by atoms with Gasteiger partial charge in [-0.25, -0.2) is 27.5 Å². The molecule has 26 heavy (non-hydrogen) atoms. The Morgan fingerprint density at radius 2 is 1.46 bits per heavy atom. The van der Waals surface area contributed by atoms with Crippen LogP contribution in [0.15, 0.2) is 48.7 Å². The van der Waals surface area contributed by atoms with Gasteiger partial charge in [0.15, 0.2) is 0 Å². The van der Waals surface area contributed by atoms with Crippen molar-refractivity contribution in [2.24, 2.45) is 0 Å². The molecule has 1 heterocycles. The molecule has 1 aromatic heterocycles. The van der Waals surface area contributed by atoms with E-state index in [1.165, 1.54) is 12.3 Å². The Hall–Kier alpha value is -3.49. The molecule has 132 valence electrons. The number of rotatable bonds is 4. The molecule has 0 aliphatic rings. The standard InChI is InChI=1S/C17H10F4N4O/c18-9-1-3-13(11(20)7-9)23-16(26)15-5-6-22-17(25-15)24-14-4-2-10(19)8-12(14)21/h1-8H,(H,23,26)(H,22,24,25). The zero-order valence-corrected chi connectivity index (χ0v) is 12.9. The minimum Gasteiger partial charge on any atom is -0.322 e. The van der Waals surface area contributed by atoms with Crippen LogP contribution in [0.1, 0.15) is 10.5 Å². The van der Waals surface area contributed by atoms with Gasteiger partial charge in [-0.05, 0) is 30.3 Å². The third kappa shape index (κ3) is 3.94. The van der Waals surface area contributed by atoms with E-state index in [9.17, 15) is 22.4 Å². The molecule has 0 bridgehead atoms. The van der Waals surface area contributed by atoms with E-state index in [-0.39, 0.29) is 23.0 Å². The lowest BCUT2D eigenvalue weighted by Crippen LogP contribution is -2.15. The molecule has 0 spiro atoms. The molecule has 2 N–H and O–H groups in total. The van der Waals surface area contributed by atoms with E-state index >= 15 is 0 Å². The summed E-state index contributed by atoms with van der Waals surface area (Å²) in [7, 11) is 0. The fourth-order valence-corrected chi connectivity index (χ4v) is 2.03. The molecule has 0 radical (unpaired) electrons. The van der Waals surface area contributed by atoms with E-state index < -0.39 is 29.2 Å². The van der Waals surface area contributed by atoms with Crippen LogP contribution < -0.4 is 10.6 Å². The average molecular weight is 362 g/mol. The fourth-order valence-electron chi connectivity index (χ4n) is 2.03.